The van der Waals surface area contributed by atoms with Crippen molar-refractivity contribution in [3.63, 3.8) is 0 Å². The Labute approximate surface area is 148 Å². The van der Waals surface area contributed by atoms with Crippen molar-refractivity contribution in [1.82, 2.24) is 10.6 Å². The first-order valence-electron chi connectivity index (χ1n) is 8.45. The first-order valence-corrected chi connectivity index (χ1v) is 9.85. The summed E-state index contributed by atoms with van der Waals surface area (Å²) in [5.74, 6) is 0.646. The lowest BCUT2D eigenvalue weighted by Crippen LogP contribution is -2.51. The molecule has 3 amide bonds. The zero-order valence-electron chi connectivity index (χ0n) is 14.2. The fourth-order valence-corrected chi connectivity index (χ4v) is 3.94. The van der Waals surface area contributed by atoms with Gasteiger partial charge in [-0.2, -0.15) is 11.8 Å². The number of nitrogens with two attached hydrogens (primary N) is 1. The van der Waals surface area contributed by atoms with E-state index in [1.54, 1.807) is 11.8 Å². The van der Waals surface area contributed by atoms with Crippen LogP contribution >= 0.6 is 11.8 Å². The van der Waals surface area contributed by atoms with E-state index in [4.69, 9.17) is 5.73 Å². The normalized spacial score (nSPS) is 17.2. The van der Waals surface area contributed by atoms with Gasteiger partial charge in [0.2, 0.25) is 5.91 Å². The van der Waals surface area contributed by atoms with Gasteiger partial charge < -0.3 is 16.4 Å². The number of carbonyl (C=O) groups excluding carboxylic acids is 2. The van der Waals surface area contributed by atoms with Crippen LogP contribution in [-0.4, -0.2) is 36.5 Å². The van der Waals surface area contributed by atoms with E-state index in [-0.39, 0.29) is 11.3 Å². The minimum atomic E-state index is -0.658. The van der Waals surface area contributed by atoms with Crippen LogP contribution in [0.4, 0.5) is 4.79 Å². The Morgan fingerprint density at radius 2 is 1.92 bits per heavy atom. The number of urea groups is 1. The summed E-state index contributed by atoms with van der Waals surface area (Å²) in [4.78, 5) is 23.7. The van der Waals surface area contributed by atoms with Gasteiger partial charge in [-0.15, -0.1) is 0 Å². The van der Waals surface area contributed by atoms with E-state index in [1.165, 1.54) is 18.4 Å². The van der Waals surface area contributed by atoms with Crippen LogP contribution in [0.5, 0.6) is 0 Å². The predicted molar refractivity (Wildman–Crippen MR) is 99.1 cm³/mol. The number of hydrogen-bond acceptors (Lipinski definition) is 3. The highest BCUT2D eigenvalue weighted by Crippen LogP contribution is 2.40. The number of hydrogen-bond donors (Lipinski definition) is 3. The van der Waals surface area contributed by atoms with Crippen LogP contribution in [0.2, 0.25) is 0 Å². The molecule has 1 fully saturated rings. The van der Waals surface area contributed by atoms with Crippen molar-refractivity contribution >= 4 is 23.7 Å². The van der Waals surface area contributed by atoms with Crippen LogP contribution in [-0.2, 0) is 10.2 Å². The van der Waals surface area contributed by atoms with E-state index in [0.29, 0.717) is 13.0 Å². The summed E-state index contributed by atoms with van der Waals surface area (Å²) in [6.45, 7) is 0.603. The Bertz CT molecular complexity index is 544. The summed E-state index contributed by atoms with van der Waals surface area (Å²) in [6.07, 6.45) is 7.07. The monoisotopic (exact) mass is 349 g/mol. The average molecular weight is 350 g/mol. The molecule has 1 aromatic rings. The molecule has 1 saturated carbocycles. The van der Waals surface area contributed by atoms with Crippen molar-refractivity contribution in [3.05, 3.63) is 35.9 Å². The van der Waals surface area contributed by atoms with Crippen molar-refractivity contribution in [2.45, 2.75) is 43.6 Å². The van der Waals surface area contributed by atoms with E-state index in [2.05, 4.69) is 22.8 Å². The van der Waals surface area contributed by atoms with Crippen LogP contribution in [0.3, 0.4) is 0 Å². The molecule has 5 nitrogen and oxygen atoms in total. The van der Waals surface area contributed by atoms with Gasteiger partial charge in [-0.05, 0) is 36.8 Å². The van der Waals surface area contributed by atoms with E-state index in [1.807, 2.05) is 24.5 Å². The second kappa shape index (κ2) is 8.97. The summed E-state index contributed by atoms with van der Waals surface area (Å²) in [5, 5.41) is 5.62. The molecule has 0 bridgehead atoms. The third-order valence-corrected chi connectivity index (χ3v) is 5.44. The lowest BCUT2D eigenvalue weighted by atomic mass is 9.79. The van der Waals surface area contributed by atoms with Crippen LogP contribution in [0.25, 0.3) is 0 Å². The minimum Gasteiger partial charge on any atom is -0.353 e. The maximum absolute atomic E-state index is 12.5. The Balaban J connectivity index is 2.02. The molecule has 0 aromatic heterocycles. The molecule has 0 saturated heterocycles. The molecule has 132 valence electrons. The van der Waals surface area contributed by atoms with E-state index >= 15 is 0 Å². The van der Waals surface area contributed by atoms with Gasteiger partial charge in [-0.1, -0.05) is 43.2 Å². The Hall–Kier alpha value is -1.69. The molecular weight excluding hydrogens is 322 g/mol. The van der Waals surface area contributed by atoms with E-state index in [9.17, 15) is 9.59 Å². The lowest BCUT2D eigenvalue weighted by molar-refractivity contribution is -0.123. The Morgan fingerprint density at radius 1 is 1.25 bits per heavy atom. The summed E-state index contributed by atoms with van der Waals surface area (Å²) in [7, 11) is 0. The highest BCUT2D eigenvalue weighted by molar-refractivity contribution is 7.98. The van der Waals surface area contributed by atoms with E-state index < -0.39 is 12.1 Å². The summed E-state index contributed by atoms with van der Waals surface area (Å²) in [5.41, 5.74) is 6.49. The molecule has 0 heterocycles. The number of carbonyl (C=O) groups is 2. The van der Waals surface area contributed by atoms with Crippen molar-refractivity contribution in [1.29, 1.82) is 0 Å². The lowest BCUT2D eigenvalue weighted by Gasteiger charge is -2.31. The van der Waals surface area contributed by atoms with Crippen LogP contribution < -0.4 is 16.4 Å². The number of benzene rings is 1. The summed E-state index contributed by atoms with van der Waals surface area (Å²) in [6, 6.07) is 9.17. The van der Waals surface area contributed by atoms with Gasteiger partial charge in [0.05, 0.1) is 0 Å². The number of amides is 3. The number of nitrogens with one attached hydrogen (secondary N) is 2. The molecular formula is C18H27N3O2S. The van der Waals surface area contributed by atoms with Crippen LogP contribution in [0.1, 0.15) is 37.7 Å². The molecule has 1 aromatic carbocycles. The smallest absolute Gasteiger partial charge is 0.312 e. The van der Waals surface area contributed by atoms with Crippen LogP contribution in [0.15, 0.2) is 30.3 Å². The molecule has 0 radical (unpaired) electrons. The molecule has 24 heavy (non-hydrogen) atoms. The van der Waals surface area contributed by atoms with Crippen molar-refractivity contribution in [2.24, 2.45) is 5.73 Å². The molecule has 2 rings (SSSR count). The molecule has 1 aliphatic carbocycles. The molecule has 0 spiro atoms. The van der Waals surface area contributed by atoms with Crippen molar-refractivity contribution < 1.29 is 9.59 Å². The quantitative estimate of drug-likeness (QED) is 0.674. The highest BCUT2D eigenvalue weighted by Gasteiger charge is 2.36. The molecule has 6 heteroatoms. The van der Waals surface area contributed by atoms with Crippen molar-refractivity contribution in [3.8, 4) is 0 Å². The van der Waals surface area contributed by atoms with Gasteiger partial charge in [0.15, 0.2) is 0 Å². The zero-order chi connectivity index (χ0) is 17.4. The standard InChI is InChI=1S/C18H27N3O2S/c1-24-12-9-15(21-17(19)23)16(22)20-13-18(10-5-6-11-18)14-7-3-2-4-8-14/h2-4,7-8,15H,5-6,9-13H2,1H3,(H,20,22)(H3,19,21,23)/t15-/m1/s1. The predicted octanol–water partition coefficient (Wildman–Crippen LogP) is 2.40. The van der Waals surface area contributed by atoms with Crippen molar-refractivity contribution in [2.75, 3.05) is 18.6 Å². The van der Waals surface area contributed by atoms with E-state index in [0.717, 1.165) is 18.6 Å². The maximum Gasteiger partial charge on any atom is 0.312 e. The fourth-order valence-electron chi connectivity index (χ4n) is 3.47. The van der Waals surface area contributed by atoms with Gasteiger partial charge in [0.25, 0.3) is 0 Å². The highest BCUT2D eigenvalue weighted by atomic mass is 32.2. The largest absolute Gasteiger partial charge is 0.353 e. The van der Waals surface area contributed by atoms with Gasteiger partial charge in [0.1, 0.15) is 6.04 Å². The first-order chi connectivity index (χ1) is 11.6. The average Bonchev–Trinajstić information content (AvgIpc) is 3.07. The van der Waals surface area contributed by atoms with Gasteiger partial charge in [0, 0.05) is 12.0 Å². The Morgan fingerprint density at radius 3 is 2.50 bits per heavy atom. The number of rotatable bonds is 8. The third kappa shape index (κ3) is 4.90. The third-order valence-electron chi connectivity index (χ3n) is 4.79. The SMILES string of the molecule is CSCC[C@@H](NC(N)=O)C(=O)NCC1(c2ccccc2)CCCC1. The van der Waals surface area contributed by atoms with Gasteiger partial charge >= 0.3 is 6.03 Å². The topological polar surface area (TPSA) is 84.2 Å². The first kappa shape index (κ1) is 18.6. The zero-order valence-corrected chi connectivity index (χ0v) is 15.0. The summed E-state index contributed by atoms with van der Waals surface area (Å²) < 4.78 is 0. The molecule has 1 aliphatic rings. The second-order valence-corrected chi connectivity index (χ2v) is 7.40. The summed E-state index contributed by atoms with van der Waals surface area (Å²) >= 11 is 1.64. The maximum atomic E-state index is 12.5. The number of primary amides is 1. The fraction of sp³-hybridized carbons (Fsp3) is 0.556. The van der Waals surface area contributed by atoms with Crippen LogP contribution in [0, 0.1) is 0 Å². The molecule has 4 N–H and O–H groups in total. The van der Waals surface area contributed by atoms with Gasteiger partial charge in [-0.3, -0.25) is 4.79 Å². The Kier molecular flexibility index (Phi) is 6.97. The number of thioether (sulfide) groups is 1. The molecule has 0 unspecified atom stereocenters. The molecule has 0 aliphatic heterocycles. The van der Waals surface area contributed by atoms with Gasteiger partial charge in [-0.25, -0.2) is 4.79 Å². The molecule has 1 atom stereocenters. The second-order valence-electron chi connectivity index (χ2n) is 6.41. The minimum absolute atomic E-state index is 0.00764.